The SMILES string of the molecule is CCC1CN(C(=O)c2ccc(C)nc2C)CCN1CC(C)O. The summed E-state index contributed by atoms with van der Waals surface area (Å²) in [5.41, 5.74) is 2.43. The lowest BCUT2D eigenvalue weighted by atomic mass is 10.1. The predicted molar refractivity (Wildman–Crippen MR) is 86.9 cm³/mol. The fourth-order valence-corrected chi connectivity index (χ4v) is 3.13. The van der Waals surface area contributed by atoms with E-state index in [-0.39, 0.29) is 12.0 Å². The fourth-order valence-electron chi connectivity index (χ4n) is 3.13. The summed E-state index contributed by atoms with van der Waals surface area (Å²) in [7, 11) is 0. The van der Waals surface area contributed by atoms with E-state index in [2.05, 4.69) is 16.8 Å². The highest BCUT2D eigenvalue weighted by atomic mass is 16.3. The second-order valence-corrected chi connectivity index (χ2v) is 6.24. The Bertz CT molecular complexity index is 531. The number of piperazine rings is 1. The van der Waals surface area contributed by atoms with Crippen molar-refractivity contribution in [3.05, 3.63) is 29.1 Å². The molecule has 2 atom stereocenters. The van der Waals surface area contributed by atoms with Crippen molar-refractivity contribution >= 4 is 5.91 Å². The van der Waals surface area contributed by atoms with E-state index < -0.39 is 0 Å². The van der Waals surface area contributed by atoms with Gasteiger partial charge in [-0.15, -0.1) is 0 Å². The summed E-state index contributed by atoms with van der Waals surface area (Å²) in [6, 6.07) is 4.08. The van der Waals surface area contributed by atoms with E-state index in [0.717, 1.165) is 30.9 Å². The van der Waals surface area contributed by atoms with Crippen molar-refractivity contribution in [3.8, 4) is 0 Å². The molecule has 1 aliphatic heterocycles. The van der Waals surface area contributed by atoms with Crippen LogP contribution in [0.1, 0.15) is 42.0 Å². The molecule has 22 heavy (non-hydrogen) atoms. The number of rotatable bonds is 4. The van der Waals surface area contributed by atoms with Gasteiger partial charge in [0.2, 0.25) is 0 Å². The van der Waals surface area contributed by atoms with Crippen molar-refractivity contribution in [2.45, 2.75) is 46.3 Å². The molecule has 1 aliphatic rings. The number of aliphatic hydroxyl groups is 1. The molecule has 1 saturated heterocycles. The number of carbonyl (C=O) groups is 1. The molecule has 2 unspecified atom stereocenters. The van der Waals surface area contributed by atoms with Crippen molar-refractivity contribution in [2.24, 2.45) is 0 Å². The molecule has 1 amide bonds. The van der Waals surface area contributed by atoms with E-state index in [1.54, 1.807) is 0 Å². The quantitative estimate of drug-likeness (QED) is 0.918. The van der Waals surface area contributed by atoms with Crippen molar-refractivity contribution in [2.75, 3.05) is 26.2 Å². The van der Waals surface area contributed by atoms with Crippen molar-refractivity contribution < 1.29 is 9.90 Å². The molecule has 122 valence electrons. The zero-order chi connectivity index (χ0) is 16.3. The van der Waals surface area contributed by atoms with Gasteiger partial charge in [-0.05, 0) is 39.3 Å². The summed E-state index contributed by atoms with van der Waals surface area (Å²) in [5.74, 6) is 0.0696. The van der Waals surface area contributed by atoms with Gasteiger partial charge in [0, 0.05) is 37.9 Å². The molecule has 2 rings (SSSR count). The van der Waals surface area contributed by atoms with Crippen LogP contribution in [0.3, 0.4) is 0 Å². The van der Waals surface area contributed by atoms with Crippen LogP contribution >= 0.6 is 0 Å². The topological polar surface area (TPSA) is 56.7 Å². The zero-order valence-electron chi connectivity index (χ0n) is 14.0. The first-order valence-electron chi connectivity index (χ1n) is 8.08. The van der Waals surface area contributed by atoms with E-state index in [1.807, 2.05) is 37.8 Å². The molecule has 5 heteroatoms. The Balaban J connectivity index is 2.09. The summed E-state index contributed by atoms with van der Waals surface area (Å²) in [6.45, 7) is 10.7. The monoisotopic (exact) mass is 305 g/mol. The lowest BCUT2D eigenvalue weighted by Gasteiger charge is -2.41. The third-order valence-electron chi connectivity index (χ3n) is 4.32. The minimum absolute atomic E-state index is 0.0696. The van der Waals surface area contributed by atoms with Gasteiger partial charge in [-0.1, -0.05) is 6.92 Å². The Kier molecular flexibility index (Phi) is 5.53. The van der Waals surface area contributed by atoms with Crippen LogP contribution in [-0.2, 0) is 0 Å². The van der Waals surface area contributed by atoms with Crippen LogP contribution in [0.5, 0.6) is 0 Å². The highest BCUT2D eigenvalue weighted by Gasteiger charge is 2.30. The number of hydrogen-bond donors (Lipinski definition) is 1. The fraction of sp³-hybridized carbons (Fsp3) is 0.647. The number of nitrogens with zero attached hydrogens (tertiary/aromatic N) is 3. The second-order valence-electron chi connectivity index (χ2n) is 6.24. The van der Waals surface area contributed by atoms with Crippen LogP contribution in [0.4, 0.5) is 0 Å². The van der Waals surface area contributed by atoms with E-state index in [9.17, 15) is 9.90 Å². The average Bonchev–Trinajstić information content (AvgIpc) is 2.46. The molecule has 2 heterocycles. The van der Waals surface area contributed by atoms with Crippen molar-refractivity contribution in [1.29, 1.82) is 0 Å². The van der Waals surface area contributed by atoms with Gasteiger partial charge >= 0.3 is 0 Å². The maximum Gasteiger partial charge on any atom is 0.255 e. The molecule has 0 aromatic carbocycles. The summed E-state index contributed by atoms with van der Waals surface area (Å²) < 4.78 is 0. The van der Waals surface area contributed by atoms with Crippen LogP contribution in [0.15, 0.2) is 12.1 Å². The van der Waals surface area contributed by atoms with Crippen LogP contribution in [-0.4, -0.2) is 64.1 Å². The smallest absolute Gasteiger partial charge is 0.255 e. The first kappa shape index (κ1) is 16.9. The molecule has 0 radical (unpaired) electrons. The molecule has 1 N–H and O–H groups in total. The lowest BCUT2D eigenvalue weighted by Crippen LogP contribution is -2.55. The molecule has 1 fully saturated rings. The number of pyridine rings is 1. The molecule has 0 bridgehead atoms. The van der Waals surface area contributed by atoms with Gasteiger partial charge in [-0.3, -0.25) is 14.7 Å². The van der Waals surface area contributed by atoms with Crippen molar-refractivity contribution in [3.63, 3.8) is 0 Å². The first-order valence-corrected chi connectivity index (χ1v) is 8.08. The Hall–Kier alpha value is -1.46. The average molecular weight is 305 g/mol. The van der Waals surface area contributed by atoms with Gasteiger partial charge in [0.25, 0.3) is 5.91 Å². The summed E-state index contributed by atoms with van der Waals surface area (Å²) in [5, 5.41) is 9.60. The normalized spacial score (nSPS) is 21.0. The summed E-state index contributed by atoms with van der Waals surface area (Å²) in [4.78, 5) is 21.3. The summed E-state index contributed by atoms with van der Waals surface area (Å²) in [6.07, 6.45) is 0.640. The first-order chi connectivity index (χ1) is 10.4. The van der Waals surface area contributed by atoms with Gasteiger partial charge in [-0.25, -0.2) is 0 Å². The minimum atomic E-state index is -0.333. The van der Waals surface area contributed by atoms with Crippen LogP contribution in [0, 0.1) is 13.8 Å². The molecule has 5 nitrogen and oxygen atoms in total. The van der Waals surface area contributed by atoms with Gasteiger partial charge < -0.3 is 10.0 Å². The van der Waals surface area contributed by atoms with Crippen LogP contribution in [0.2, 0.25) is 0 Å². The third kappa shape index (κ3) is 3.84. The number of aliphatic hydroxyl groups excluding tert-OH is 1. The number of hydrogen-bond acceptors (Lipinski definition) is 4. The Morgan fingerprint density at radius 1 is 1.41 bits per heavy atom. The largest absolute Gasteiger partial charge is 0.392 e. The van der Waals surface area contributed by atoms with Gasteiger partial charge in [0.05, 0.1) is 17.4 Å². The molecule has 0 spiro atoms. The van der Waals surface area contributed by atoms with Crippen LogP contribution < -0.4 is 0 Å². The van der Waals surface area contributed by atoms with Gasteiger partial charge in [-0.2, -0.15) is 0 Å². The maximum absolute atomic E-state index is 12.7. The van der Waals surface area contributed by atoms with E-state index in [0.29, 0.717) is 24.7 Å². The van der Waals surface area contributed by atoms with Gasteiger partial charge in [0.15, 0.2) is 0 Å². The Morgan fingerprint density at radius 2 is 2.14 bits per heavy atom. The third-order valence-corrected chi connectivity index (χ3v) is 4.32. The maximum atomic E-state index is 12.7. The number of amides is 1. The number of carbonyl (C=O) groups excluding carboxylic acids is 1. The zero-order valence-corrected chi connectivity index (χ0v) is 14.0. The number of aromatic nitrogens is 1. The minimum Gasteiger partial charge on any atom is -0.392 e. The number of β-amino-alcohol motifs (C(OH)–C–C–N with tert-alkyl or cyclic N) is 1. The highest BCUT2D eigenvalue weighted by Crippen LogP contribution is 2.17. The molecule has 0 saturated carbocycles. The highest BCUT2D eigenvalue weighted by molar-refractivity contribution is 5.95. The van der Waals surface area contributed by atoms with E-state index in [4.69, 9.17) is 0 Å². The molecule has 1 aromatic rings. The van der Waals surface area contributed by atoms with E-state index in [1.165, 1.54) is 0 Å². The van der Waals surface area contributed by atoms with Gasteiger partial charge in [0.1, 0.15) is 0 Å². The Labute approximate surface area is 132 Å². The van der Waals surface area contributed by atoms with Crippen LogP contribution in [0.25, 0.3) is 0 Å². The number of aryl methyl sites for hydroxylation is 2. The van der Waals surface area contributed by atoms with Crippen molar-refractivity contribution in [1.82, 2.24) is 14.8 Å². The molecule has 1 aromatic heterocycles. The summed E-state index contributed by atoms with van der Waals surface area (Å²) >= 11 is 0. The predicted octanol–water partition coefficient (Wildman–Crippen LogP) is 1.62. The molecular weight excluding hydrogens is 278 g/mol. The molecule has 0 aliphatic carbocycles. The standard InChI is InChI=1S/C17H27N3O2/c1-5-15-11-20(9-8-19(15)10-13(3)21)17(22)16-7-6-12(2)18-14(16)4/h6-7,13,15,21H,5,8-11H2,1-4H3. The lowest BCUT2D eigenvalue weighted by molar-refractivity contribution is 0.0309. The van der Waals surface area contributed by atoms with E-state index >= 15 is 0 Å². The molecular formula is C17H27N3O2. The Morgan fingerprint density at radius 3 is 2.73 bits per heavy atom. The second kappa shape index (κ2) is 7.20.